The van der Waals surface area contributed by atoms with Crippen molar-refractivity contribution in [3.8, 4) is 0 Å². The number of fused-ring (bicyclic) bond motifs is 4. The standard InChI is InChI=1S/C45H68N4O12/c1-9-11-13-22-44(23-14-12-10-2)59-36-32-25-45(42(56)47-35(28(3)51)40(54)46-31(27-50)19-21-34(53)58-43(4,5)6)38(41(55)57-32)49(61-39(45)37(36)60-44)26-30-17-15-16-29(24-30)18-20-33(52)48(7)8/h15-18,20,24,28,31-32,35-39,50-51H,9-14,19,21-23,25-27H2,1-8H3,(H,46,54)(H,47,56). The molecule has 4 fully saturated rings. The molecule has 4 N–H and O–H groups in total. The highest BCUT2D eigenvalue weighted by Crippen LogP contribution is 2.58. The highest BCUT2D eigenvalue weighted by atomic mass is 16.8. The summed E-state index contributed by atoms with van der Waals surface area (Å²) in [4.78, 5) is 76.2. The van der Waals surface area contributed by atoms with E-state index in [-0.39, 0.29) is 31.7 Å². The fraction of sp³-hybridized carbons (Fsp3) is 0.711. The van der Waals surface area contributed by atoms with Crippen LogP contribution >= 0.6 is 0 Å². The molecule has 61 heavy (non-hydrogen) atoms. The van der Waals surface area contributed by atoms with Gasteiger partial charge in [-0.2, -0.15) is 5.06 Å². The molecule has 0 radical (unpaired) electrons. The van der Waals surface area contributed by atoms with E-state index >= 15 is 4.79 Å². The molecule has 3 aliphatic heterocycles. The number of amides is 3. The molecule has 16 nitrogen and oxygen atoms in total. The molecule has 4 aliphatic rings. The summed E-state index contributed by atoms with van der Waals surface area (Å²) in [6.07, 6.45) is 5.06. The molecule has 9 unspecified atom stereocenters. The van der Waals surface area contributed by atoms with E-state index in [1.54, 1.807) is 40.9 Å². The van der Waals surface area contributed by atoms with Gasteiger partial charge in [-0.15, -0.1) is 0 Å². The molecule has 1 aliphatic carbocycles. The molecule has 1 aromatic rings. The molecule has 5 rings (SSSR count). The van der Waals surface area contributed by atoms with Crippen LogP contribution in [-0.2, 0) is 54.3 Å². The number of aliphatic hydroxyl groups excluding tert-OH is 2. The quantitative estimate of drug-likeness (QED) is 0.0793. The Bertz CT molecular complexity index is 1740. The molecule has 3 saturated heterocycles. The fourth-order valence-electron chi connectivity index (χ4n) is 8.85. The minimum atomic E-state index is -1.65. The predicted molar refractivity (Wildman–Crippen MR) is 224 cm³/mol. The molecule has 3 heterocycles. The number of carbonyl (C=O) groups is 5. The number of likely N-dealkylation sites (N-methyl/N-ethyl adjacent to an activating group) is 1. The predicted octanol–water partition coefficient (Wildman–Crippen LogP) is 3.69. The number of esters is 2. The summed E-state index contributed by atoms with van der Waals surface area (Å²) >= 11 is 0. The number of hydrogen-bond acceptors (Lipinski definition) is 13. The lowest BCUT2D eigenvalue weighted by Gasteiger charge is -2.49. The van der Waals surface area contributed by atoms with E-state index in [2.05, 4.69) is 24.5 Å². The van der Waals surface area contributed by atoms with Crippen molar-refractivity contribution >= 4 is 35.7 Å². The Morgan fingerprint density at radius 2 is 1.70 bits per heavy atom. The van der Waals surface area contributed by atoms with Gasteiger partial charge < -0.3 is 44.7 Å². The maximum atomic E-state index is 15.1. The summed E-state index contributed by atoms with van der Waals surface area (Å²) < 4.78 is 25.3. The van der Waals surface area contributed by atoms with Gasteiger partial charge in [0.25, 0.3) is 0 Å². The number of nitrogens with zero attached hydrogens (tertiary/aromatic N) is 2. The lowest BCUT2D eigenvalue weighted by atomic mass is 9.62. The number of hydrogen-bond donors (Lipinski definition) is 4. The number of ether oxygens (including phenoxy) is 4. The molecule has 9 atom stereocenters. The second kappa shape index (κ2) is 20.5. The molecule has 16 heteroatoms. The number of carbonyl (C=O) groups excluding carboxylic acids is 5. The van der Waals surface area contributed by atoms with Crippen molar-refractivity contribution in [3.05, 3.63) is 41.5 Å². The summed E-state index contributed by atoms with van der Waals surface area (Å²) in [5.74, 6) is -3.87. The van der Waals surface area contributed by atoms with Gasteiger partial charge in [0.05, 0.1) is 25.3 Å². The summed E-state index contributed by atoms with van der Waals surface area (Å²) in [5.41, 5.74) is -0.907. The number of unbranched alkanes of at least 4 members (excludes halogenated alkanes) is 4. The van der Waals surface area contributed by atoms with Crippen LogP contribution in [0.1, 0.15) is 123 Å². The average molecular weight is 857 g/mol. The van der Waals surface area contributed by atoms with Crippen molar-refractivity contribution in [1.29, 1.82) is 0 Å². The van der Waals surface area contributed by atoms with Crippen molar-refractivity contribution in [3.63, 3.8) is 0 Å². The van der Waals surface area contributed by atoms with E-state index in [0.717, 1.165) is 49.7 Å². The van der Waals surface area contributed by atoms with Gasteiger partial charge in [0, 0.05) is 45.9 Å². The second-order valence-electron chi connectivity index (χ2n) is 18.2. The second-order valence-corrected chi connectivity index (χ2v) is 18.2. The van der Waals surface area contributed by atoms with E-state index in [1.165, 1.54) is 23.0 Å². The van der Waals surface area contributed by atoms with Gasteiger partial charge in [-0.05, 0) is 64.2 Å². The summed E-state index contributed by atoms with van der Waals surface area (Å²) in [6, 6.07) is 3.68. The van der Waals surface area contributed by atoms with Gasteiger partial charge in [0.2, 0.25) is 17.7 Å². The summed E-state index contributed by atoms with van der Waals surface area (Å²) in [5, 5.41) is 28.0. The normalized spacial score (nSPS) is 26.9. The van der Waals surface area contributed by atoms with Crippen LogP contribution in [0.3, 0.4) is 0 Å². The third-order valence-corrected chi connectivity index (χ3v) is 11.9. The van der Waals surface area contributed by atoms with E-state index in [4.69, 9.17) is 23.8 Å². The van der Waals surface area contributed by atoms with Crippen LogP contribution in [-0.4, -0.2) is 131 Å². The van der Waals surface area contributed by atoms with E-state index in [9.17, 15) is 29.4 Å². The molecule has 2 bridgehead atoms. The SMILES string of the molecule is CCCCCC1(CCCCC)OC2C3CC4(C(=O)NC(C(=O)NC(CO)CCC(=O)OC(C)(C)C)C(C)O)C(ON(Cc5cccc(C=CC(=O)N(C)C)c5)C4C(=O)O3)C2O1. The monoisotopic (exact) mass is 856 g/mol. The third kappa shape index (κ3) is 11.4. The molecule has 3 amide bonds. The molecular formula is C45H68N4O12. The van der Waals surface area contributed by atoms with Gasteiger partial charge in [-0.3, -0.25) is 28.8 Å². The Kier molecular flexibility index (Phi) is 16.2. The topological polar surface area (TPSA) is 202 Å². The minimum absolute atomic E-state index is 0.000337. The van der Waals surface area contributed by atoms with Crippen molar-refractivity contribution < 1.29 is 58.0 Å². The number of aliphatic hydroxyl groups is 2. The maximum absolute atomic E-state index is 15.1. The first-order valence-corrected chi connectivity index (χ1v) is 22.0. The number of rotatable bonds is 21. The van der Waals surface area contributed by atoms with Gasteiger partial charge in [-0.1, -0.05) is 63.8 Å². The fourth-order valence-corrected chi connectivity index (χ4v) is 8.85. The first-order chi connectivity index (χ1) is 28.9. The Hall–Kier alpha value is -3.93. The Balaban J connectivity index is 1.47. The van der Waals surface area contributed by atoms with Gasteiger partial charge in [0.1, 0.15) is 41.5 Å². The largest absolute Gasteiger partial charge is 0.460 e. The molecule has 1 aromatic carbocycles. The van der Waals surface area contributed by atoms with Crippen molar-refractivity contribution in [2.24, 2.45) is 5.41 Å². The Morgan fingerprint density at radius 3 is 2.31 bits per heavy atom. The van der Waals surface area contributed by atoms with Crippen molar-refractivity contribution in [1.82, 2.24) is 20.6 Å². The summed E-state index contributed by atoms with van der Waals surface area (Å²) in [6.45, 7) is 10.3. The summed E-state index contributed by atoms with van der Waals surface area (Å²) in [7, 11) is 3.32. The molecular weight excluding hydrogens is 789 g/mol. The smallest absolute Gasteiger partial charge is 0.327 e. The van der Waals surface area contributed by atoms with E-state index in [0.29, 0.717) is 12.8 Å². The van der Waals surface area contributed by atoms with Crippen LogP contribution in [0.5, 0.6) is 0 Å². The zero-order valence-corrected chi connectivity index (χ0v) is 37.1. The first kappa shape index (κ1) is 48.1. The molecule has 0 spiro atoms. The van der Waals surface area contributed by atoms with Crippen LogP contribution in [0.4, 0.5) is 0 Å². The molecule has 1 saturated carbocycles. The van der Waals surface area contributed by atoms with Crippen LogP contribution in [0, 0.1) is 5.41 Å². The minimum Gasteiger partial charge on any atom is -0.460 e. The number of nitrogens with one attached hydrogen (secondary N) is 2. The van der Waals surface area contributed by atoms with E-state index in [1.807, 2.05) is 24.3 Å². The van der Waals surface area contributed by atoms with Gasteiger partial charge in [-0.25, -0.2) is 0 Å². The zero-order valence-electron chi connectivity index (χ0n) is 37.1. The molecule has 340 valence electrons. The van der Waals surface area contributed by atoms with Crippen LogP contribution in [0.15, 0.2) is 30.3 Å². The lowest BCUT2D eigenvalue weighted by Crippen LogP contribution is -2.71. The lowest BCUT2D eigenvalue weighted by molar-refractivity contribution is -0.224. The van der Waals surface area contributed by atoms with Gasteiger partial charge >= 0.3 is 11.9 Å². The van der Waals surface area contributed by atoms with Crippen LogP contribution in [0.2, 0.25) is 0 Å². The Labute approximate surface area is 359 Å². The average Bonchev–Trinajstić information content (AvgIpc) is 3.75. The van der Waals surface area contributed by atoms with Gasteiger partial charge in [0.15, 0.2) is 11.8 Å². The van der Waals surface area contributed by atoms with Crippen LogP contribution < -0.4 is 10.6 Å². The zero-order chi connectivity index (χ0) is 44.7. The highest BCUT2D eigenvalue weighted by Gasteiger charge is 2.76. The number of benzene rings is 1. The third-order valence-electron chi connectivity index (χ3n) is 11.9. The first-order valence-electron chi connectivity index (χ1n) is 22.0. The molecule has 0 aromatic heterocycles. The van der Waals surface area contributed by atoms with Crippen molar-refractivity contribution in [2.75, 3.05) is 20.7 Å². The Morgan fingerprint density at radius 1 is 1.03 bits per heavy atom. The number of hydroxylamine groups is 2. The highest BCUT2D eigenvalue weighted by molar-refractivity contribution is 5.96. The van der Waals surface area contributed by atoms with Crippen LogP contribution in [0.25, 0.3) is 6.08 Å². The van der Waals surface area contributed by atoms with E-state index < -0.39 is 95.8 Å². The maximum Gasteiger partial charge on any atom is 0.327 e. The van der Waals surface area contributed by atoms with Crippen molar-refractivity contribution in [2.45, 2.75) is 179 Å².